The van der Waals surface area contributed by atoms with Gasteiger partial charge in [-0.15, -0.1) is 0 Å². The van der Waals surface area contributed by atoms with Crippen molar-refractivity contribution in [3.63, 3.8) is 0 Å². The number of aliphatic hydroxyl groups is 1. The lowest BCUT2D eigenvalue weighted by atomic mass is 10.0. The van der Waals surface area contributed by atoms with E-state index in [0.717, 1.165) is 17.7 Å². The molecule has 2 unspecified atom stereocenters. The van der Waals surface area contributed by atoms with Gasteiger partial charge in [-0.25, -0.2) is 0 Å². The number of hydrogen-bond acceptors (Lipinski definition) is 2. The molecule has 20 heavy (non-hydrogen) atoms. The van der Waals surface area contributed by atoms with Gasteiger partial charge in [0.2, 0.25) is 0 Å². The second kappa shape index (κ2) is 6.58. The van der Waals surface area contributed by atoms with E-state index in [1.807, 2.05) is 49.4 Å². The summed E-state index contributed by atoms with van der Waals surface area (Å²) in [5.74, 6) is 0.823. The number of ether oxygens (including phenoxy) is 1. The number of aryl methyl sites for hydroxylation is 2. The Morgan fingerprint density at radius 2 is 1.60 bits per heavy atom. The van der Waals surface area contributed by atoms with Crippen molar-refractivity contribution < 1.29 is 9.84 Å². The van der Waals surface area contributed by atoms with Crippen LogP contribution in [0, 0.1) is 13.8 Å². The highest BCUT2D eigenvalue weighted by molar-refractivity contribution is 5.33. The van der Waals surface area contributed by atoms with Gasteiger partial charge in [0.15, 0.2) is 0 Å². The van der Waals surface area contributed by atoms with Crippen LogP contribution >= 0.6 is 0 Å². The van der Waals surface area contributed by atoms with E-state index in [9.17, 15) is 5.11 Å². The Balaban J connectivity index is 2.16. The molecule has 106 valence electrons. The van der Waals surface area contributed by atoms with E-state index >= 15 is 0 Å². The van der Waals surface area contributed by atoms with Gasteiger partial charge in [-0.3, -0.25) is 0 Å². The summed E-state index contributed by atoms with van der Waals surface area (Å²) in [6, 6.07) is 15.8. The number of hydrogen-bond donors (Lipinski definition) is 1. The predicted molar refractivity (Wildman–Crippen MR) is 82.0 cm³/mol. The average Bonchev–Trinajstić information content (AvgIpc) is 2.44. The molecule has 2 aromatic rings. The third-order valence-electron chi connectivity index (χ3n) is 3.38. The molecule has 0 aliphatic rings. The van der Waals surface area contributed by atoms with Gasteiger partial charge in [0, 0.05) is 0 Å². The first-order chi connectivity index (χ1) is 9.60. The minimum absolute atomic E-state index is 0.237. The van der Waals surface area contributed by atoms with Crippen LogP contribution in [-0.4, -0.2) is 11.2 Å². The first-order valence-corrected chi connectivity index (χ1v) is 7.08. The molecule has 0 aliphatic carbocycles. The van der Waals surface area contributed by atoms with E-state index in [2.05, 4.69) is 19.9 Å². The smallest absolute Gasteiger partial charge is 0.128 e. The molecule has 0 spiro atoms. The van der Waals surface area contributed by atoms with Crippen LogP contribution in [0.4, 0.5) is 0 Å². The van der Waals surface area contributed by atoms with Crippen molar-refractivity contribution in [3.8, 4) is 5.75 Å². The van der Waals surface area contributed by atoms with Crippen LogP contribution in [0.15, 0.2) is 48.5 Å². The molecule has 0 heterocycles. The highest BCUT2D eigenvalue weighted by Crippen LogP contribution is 2.25. The van der Waals surface area contributed by atoms with E-state index in [4.69, 9.17) is 4.74 Å². The lowest BCUT2D eigenvalue weighted by Crippen LogP contribution is -2.24. The van der Waals surface area contributed by atoms with Crippen LogP contribution < -0.4 is 4.74 Å². The van der Waals surface area contributed by atoms with Gasteiger partial charge in [0.25, 0.3) is 0 Å². The zero-order valence-corrected chi connectivity index (χ0v) is 12.3. The maximum atomic E-state index is 10.5. The summed E-state index contributed by atoms with van der Waals surface area (Å²) in [5.41, 5.74) is 3.23. The van der Waals surface area contributed by atoms with Crippen LogP contribution in [0.5, 0.6) is 5.75 Å². The number of rotatable bonds is 5. The van der Waals surface area contributed by atoms with Gasteiger partial charge < -0.3 is 9.84 Å². The van der Waals surface area contributed by atoms with Crippen LogP contribution in [0.3, 0.4) is 0 Å². The lowest BCUT2D eigenvalue weighted by Gasteiger charge is -2.24. The monoisotopic (exact) mass is 270 g/mol. The molecule has 1 N–H and O–H groups in total. The fourth-order valence-corrected chi connectivity index (χ4v) is 2.41. The molecule has 2 aromatic carbocycles. The molecule has 2 atom stereocenters. The van der Waals surface area contributed by atoms with Crippen molar-refractivity contribution in [1.82, 2.24) is 0 Å². The number of aliphatic hydroxyl groups excluding tert-OH is 1. The minimum Gasteiger partial charge on any atom is -0.487 e. The molecule has 0 aliphatic heterocycles. The molecular formula is C18H22O2. The van der Waals surface area contributed by atoms with Crippen molar-refractivity contribution in [2.45, 2.75) is 39.4 Å². The summed E-state index contributed by atoms with van der Waals surface area (Å²) in [7, 11) is 0. The molecule has 0 aromatic heterocycles. The molecule has 2 heteroatoms. The zero-order chi connectivity index (χ0) is 14.5. The third kappa shape index (κ3) is 3.61. The van der Waals surface area contributed by atoms with Crippen LogP contribution in [-0.2, 0) is 0 Å². The first-order valence-electron chi connectivity index (χ1n) is 7.08. The zero-order valence-electron chi connectivity index (χ0n) is 12.3. The largest absolute Gasteiger partial charge is 0.487 e. The van der Waals surface area contributed by atoms with Crippen LogP contribution in [0.1, 0.15) is 36.1 Å². The fraction of sp³-hybridized carbons (Fsp3) is 0.333. The van der Waals surface area contributed by atoms with Crippen molar-refractivity contribution in [3.05, 3.63) is 65.2 Å². The molecule has 2 rings (SSSR count). The Morgan fingerprint density at radius 1 is 1.00 bits per heavy atom. The summed E-state index contributed by atoms with van der Waals surface area (Å²) in [6.45, 7) is 6.13. The SMILES string of the molecule is CCC(Oc1cc(C)cc(C)c1)C(O)c1ccccc1. The van der Waals surface area contributed by atoms with Crippen molar-refractivity contribution in [2.75, 3.05) is 0 Å². The summed E-state index contributed by atoms with van der Waals surface area (Å²) in [6.07, 6.45) is -0.0936. The summed E-state index contributed by atoms with van der Waals surface area (Å²) < 4.78 is 5.99. The standard InChI is InChI=1S/C18H22O2/c1-4-17(18(19)15-8-6-5-7-9-15)20-16-11-13(2)10-14(3)12-16/h5-12,17-19H,4H2,1-3H3. The first kappa shape index (κ1) is 14.6. The fourth-order valence-electron chi connectivity index (χ4n) is 2.41. The Kier molecular flexibility index (Phi) is 4.80. The summed E-state index contributed by atoms with van der Waals surface area (Å²) in [4.78, 5) is 0. The predicted octanol–water partition coefficient (Wildman–Crippen LogP) is 4.19. The minimum atomic E-state index is -0.609. The van der Waals surface area contributed by atoms with E-state index in [1.54, 1.807) is 0 Å². The van der Waals surface area contributed by atoms with E-state index in [1.165, 1.54) is 11.1 Å². The van der Waals surface area contributed by atoms with Gasteiger partial charge in [-0.2, -0.15) is 0 Å². The van der Waals surface area contributed by atoms with E-state index in [0.29, 0.717) is 0 Å². The van der Waals surface area contributed by atoms with Gasteiger partial charge >= 0.3 is 0 Å². The van der Waals surface area contributed by atoms with Crippen molar-refractivity contribution >= 4 is 0 Å². The quantitative estimate of drug-likeness (QED) is 0.882. The summed E-state index contributed by atoms with van der Waals surface area (Å²) in [5, 5.41) is 10.5. The summed E-state index contributed by atoms with van der Waals surface area (Å²) >= 11 is 0. The molecule has 0 radical (unpaired) electrons. The third-order valence-corrected chi connectivity index (χ3v) is 3.38. The van der Waals surface area contributed by atoms with Gasteiger partial charge in [-0.1, -0.05) is 43.3 Å². The van der Waals surface area contributed by atoms with Gasteiger partial charge in [0.05, 0.1) is 0 Å². The molecule has 0 amide bonds. The Labute approximate surface area is 121 Å². The average molecular weight is 270 g/mol. The van der Waals surface area contributed by atoms with Crippen molar-refractivity contribution in [1.29, 1.82) is 0 Å². The molecule has 0 saturated heterocycles. The van der Waals surface area contributed by atoms with Gasteiger partial charge in [-0.05, 0) is 49.1 Å². The van der Waals surface area contributed by atoms with Crippen LogP contribution in [0.2, 0.25) is 0 Å². The Bertz CT molecular complexity index is 528. The lowest BCUT2D eigenvalue weighted by molar-refractivity contribution is 0.0331. The molecule has 0 bridgehead atoms. The highest BCUT2D eigenvalue weighted by atomic mass is 16.5. The second-order valence-corrected chi connectivity index (χ2v) is 5.24. The second-order valence-electron chi connectivity index (χ2n) is 5.24. The Hall–Kier alpha value is -1.80. The van der Waals surface area contributed by atoms with Crippen molar-refractivity contribution in [2.24, 2.45) is 0 Å². The molecular weight excluding hydrogens is 248 g/mol. The topological polar surface area (TPSA) is 29.5 Å². The van der Waals surface area contributed by atoms with Gasteiger partial charge in [0.1, 0.15) is 18.0 Å². The Morgan fingerprint density at radius 3 is 2.15 bits per heavy atom. The molecule has 0 fully saturated rings. The highest BCUT2D eigenvalue weighted by Gasteiger charge is 2.21. The maximum absolute atomic E-state index is 10.5. The number of benzene rings is 2. The maximum Gasteiger partial charge on any atom is 0.128 e. The molecule has 2 nitrogen and oxygen atoms in total. The van der Waals surface area contributed by atoms with E-state index in [-0.39, 0.29) is 6.10 Å². The normalized spacial score (nSPS) is 13.8. The molecule has 0 saturated carbocycles. The van der Waals surface area contributed by atoms with Crippen LogP contribution in [0.25, 0.3) is 0 Å². The van der Waals surface area contributed by atoms with E-state index < -0.39 is 6.10 Å².